The molecule has 1 aromatic carbocycles. The highest BCUT2D eigenvalue weighted by atomic mass is 16.2. The molecule has 1 fully saturated rings. The average Bonchev–Trinajstić information content (AvgIpc) is 3.22. The van der Waals surface area contributed by atoms with E-state index in [-0.39, 0.29) is 5.91 Å². The molecule has 0 saturated heterocycles. The van der Waals surface area contributed by atoms with Crippen LogP contribution >= 0.6 is 0 Å². The van der Waals surface area contributed by atoms with Gasteiger partial charge in [-0.2, -0.15) is 0 Å². The Labute approximate surface area is 115 Å². The second kappa shape index (κ2) is 5.95. The molecule has 1 saturated carbocycles. The van der Waals surface area contributed by atoms with E-state index in [2.05, 4.69) is 18.7 Å². The van der Waals surface area contributed by atoms with Crippen molar-refractivity contribution in [3.8, 4) is 0 Å². The largest absolute Gasteiger partial charge is 0.399 e. The molecule has 0 spiro atoms. The van der Waals surface area contributed by atoms with Crippen LogP contribution in [0.3, 0.4) is 0 Å². The van der Waals surface area contributed by atoms with Crippen molar-refractivity contribution in [2.75, 3.05) is 30.3 Å². The van der Waals surface area contributed by atoms with Crippen LogP contribution in [0.5, 0.6) is 0 Å². The van der Waals surface area contributed by atoms with E-state index in [1.807, 2.05) is 29.2 Å². The van der Waals surface area contributed by atoms with Crippen LogP contribution in [0.1, 0.15) is 26.7 Å². The van der Waals surface area contributed by atoms with Gasteiger partial charge in [0.1, 0.15) is 0 Å². The lowest BCUT2D eigenvalue weighted by molar-refractivity contribution is -0.130. The fraction of sp³-hybridized carbons (Fsp3) is 0.533. The molecule has 1 amide bonds. The van der Waals surface area contributed by atoms with Crippen molar-refractivity contribution < 1.29 is 4.79 Å². The molecular weight excluding hydrogens is 238 g/mol. The Hall–Kier alpha value is -1.71. The first-order valence-corrected chi connectivity index (χ1v) is 7.05. The Morgan fingerprint density at radius 3 is 2.32 bits per heavy atom. The summed E-state index contributed by atoms with van der Waals surface area (Å²) in [6, 6.07) is 8.18. The molecule has 0 unspecified atom stereocenters. The van der Waals surface area contributed by atoms with E-state index in [0.717, 1.165) is 37.3 Å². The van der Waals surface area contributed by atoms with Gasteiger partial charge in [0.05, 0.1) is 6.54 Å². The summed E-state index contributed by atoms with van der Waals surface area (Å²) < 4.78 is 0. The fourth-order valence-corrected chi connectivity index (χ4v) is 2.35. The highest BCUT2D eigenvalue weighted by molar-refractivity contribution is 5.82. The molecule has 1 aliphatic carbocycles. The Kier molecular flexibility index (Phi) is 4.30. The molecular formula is C15H23N3O. The number of nitrogens with two attached hydrogens (primary N) is 1. The summed E-state index contributed by atoms with van der Waals surface area (Å²) in [5.41, 5.74) is 7.50. The zero-order chi connectivity index (χ0) is 13.8. The van der Waals surface area contributed by atoms with Crippen LogP contribution in [-0.4, -0.2) is 36.5 Å². The Morgan fingerprint density at radius 1 is 1.21 bits per heavy atom. The monoisotopic (exact) mass is 261 g/mol. The molecule has 0 atom stereocenters. The maximum absolute atomic E-state index is 12.3. The number of carbonyl (C=O) groups is 1. The summed E-state index contributed by atoms with van der Waals surface area (Å²) >= 11 is 0. The van der Waals surface area contributed by atoms with Gasteiger partial charge in [0, 0.05) is 30.5 Å². The van der Waals surface area contributed by atoms with Crippen molar-refractivity contribution in [3.05, 3.63) is 24.3 Å². The summed E-state index contributed by atoms with van der Waals surface area (Å²) in [7, 11) is 0. The zero-order valence-corrected chi connectivity index (χ0v) is 11.8. The lowest BCUT2D eigenvalue weighted by Gasteiger charge is -2.27. The third-order valence-electron chi connectivity index (χ3n) is 3.61. The van der Waals surface area contributed by atoms with E-state index in [1.165, 1.54) is 0 Å². The molecule has 2 N–H and O–H groups in total. The van der Waals surface area contributed by atoms with Crippen molar-refractivity contribution in [1.82, 2.24) is 4.90 Å². The van der Waals surface area contributed by atoms with E-state index >= 15 is 0 Å². The highest BCUT2D eigenvalue weighted by Crippen LogP contribution is 2.27. The van der Waals surface area contributed by atoms with E-state index in [9.17, 15) is 4.79 Å². The van der Waals surface area contributed by atoms with Gasteiger partial charge in [0.2, 0.25) is 5.91 Å². The summed E-state index contributed by atoms with van der Waals surface area (Å²) in [6.07, 6.45) is 2.32. The third-order valence-corrected chi connectivity index (χ3v) is 3.61. The number of likely N-dealkylation sites (N-methyl/N-ethyl adjacent to an activating group) is 2. The standard InChI is InChI=1S/C15H23N3O/c1-3-17(13-7-5-12(16)6-8-13)11-15(19)18(4-2)14-9-10-14/h5-8,14H,3-4,9-11,16H2,1-2H3. The first kappa shape index (κ1) is 13.7. The SMILES string of the molecule is CCN(CC(=O)N(CC)C1CC1)c1ccc(N)cc1. The molecule has 104 valence electrons. The Balaban J connectivity index is 2.01. The maximum atomic E-state index is 12.3. The lowest BCUT2D eigenvalue weighted by atomic mass is 10.2. The van der Waals surface area contributed by atoms with Crippen LogP contribution in [0, 0.1) is 0 Å². The van der Waals surface area contributed by atoms with Gasteiger partial charge in [-0.15, -0.1) is 0 Å². The molecule has 1 aliphatic rings. The van der Waals surface area contributed by atoms with Crippen LogP contribution in [0.2, 0.25) is 0 Å². The van der Waals surface area contributed by atoms with Gasteiger partial charge in [-0.3, -0.25) is 4.79 Å². The molecule has 2 rings (SSSR count). The smallest absolute Gasteiger partial charge is 0.242 e. The molecule has 0 aliphatic heterocycles. The lowest BCUT2D eigenvalue weighted by Crippen LogP contribution is -2.41. The van der Waals surface area contributed by atoms with Crippen molar-refractivity contribution >= 4 is 17.3 Å². The predicted octanol–water partition coefficient (Wildman–Crippen LogP) is 2.11. The van der Waals surface area contributed by atoms with Crippen LogP contribution in [-0.2, 0) is 4.79 Å². The molecule has 19 heavy (non-hydrogen) atoms. The van der Waals surface area contributed by atoms with Gasteiger partial charge in [-0.1, -0.05) is 0 Å². The van der Waals surface area contributed by atoms with Gasteiger partial charge >= 0.3 is 0 Å². The molecule has 0 aromatic heterocycles. The Bertz CT molecular complexity index is 426. The number of benzene rings is 1. The molecule has 0 radical (unpaired) electrons. The van der Waals surface area contributed by atoms with Crippen molar-refractivity contribution in [1.29, 1.82) is 0 Å². The number of rotatable bonds is 6. The Morgan fingerprint density at radius 2 is 1.84 bits per heavy atom. The van der Waals surface area contributed by atoms with E-state index < -0.39 is 0 Å². The number of anilines is 2. The number of carbonyl (C=O) groups excluding carboxylic acids is 1. The van der Waals surface area contributed by atoms with Crippen LogP contribution < -0.4 is 10.6 Å². The second-order valence-electron chi connectivity index (χ2n) is 5.02. The van der Waals surface area contributed by atoms with Gasteiger partial charge in [-0.25, -0.2) is 0 Å². The van der Waals surface area contributed by atoms with Crippen molar-refractivity contribution in [2.45, 2.75) is 32.7 Å². The third kappa shape index (κ3) is 3.40. The molecule has 4 heteroatoms. The maximum Gasteiger partial charge on any atom is 0.242 e. The van der Waals surface area contributed by atoms with Crippen molar-refractivity contribution in [3.63, 3.8) is 0 Å². The first-order chi connectivity index (χ1) is 9.15. The quantitative estimate of drug-likeness (QED) is 0.798. The van der Waals surface area contributed by atoms with Crippen LogP contribution in [0.4, 0.5) is 11.4 Å². The summed E-state index contributed by atoms with van der Waals surface area (Å²) in [5.74, 6) is 0.226. The topological polar surface area (TPSA) is 49.6 Å². The fourth-order valence-electron chi connectivity index (χ4n) is 2.35. The normalized spacial score (nSPS) is 14.2. The molecule has 1 aromatic rings. The van der Waals surface area contributed by atoms with Crippen LogP contribution in [0.15, 0.2) is 24.3 Å². The number of nitrogen functional groups attached to an aromatic ring is 1. The van der Waals surface area contributed by atoms with Gasteiger partial charge in [0.25, 0.3) is 0 Å². The number of nitrogens with zero attached hydrogens (tertiary/aromatic N) is 2. The highest BCUT2D eigenvalue weighted by Gasteiger charge is 2.31. The van der Waals surface area contributed by atoms with Crippen LogP contribution in [0.25, 0.3) is 0 Å². The van der Waals surface area contributed by atoms with E-state index in [0.29, 0.717) is 12.6 Å². The van der Waals surface area contributed by atoms with E-state index in [1.54, 1.807) is 0 Å². The predicted molar refractivity (Wildman–Crippen MR) is 79.2 cm³/mol. The zero-order valence-electron chi connectivity index (χ0n) is 11.8. The van der Waals surface area contributed by atoms with Crippen molar-refractivity contribution in [2.24, 2.45) is 0 Å². The number of amides is 1. The summed E-state index contributed by atoms with van der Waals surface area (Å²) in [6.45, 7) is 6.19. The van der Waals surface area contributed by atoms with Gasteiger partial charge in [-0.05, 0) is 51.0 Å². The molecule has 0 bridgehead atoms. The minimum absolute atomic E-state index is 0.226. The minimum Gasteiger partial charge on any atom is -0.399 e. The summed E-state index contributed by atoms with van der Waals surface area (Å²) in [4.78, 5) is 16.4. The summed E-state index contributed by atoms with van der Waals surface area (Å²) in [5, 5.41) is 0. The van der Waals surface area contributed by atoms with Gasteiger partial charge in [0.15, 0.2) is 0 Å². The van der Waals surface area contributed by atoms with E-state index in [4.69, 9.17) is 5.73 Å². The second-order valence-corrected chi connectivity index (χ2v) is 5.02. The first-order valence-electron chi connectivity index (χ1n) is 7.05. The molecule has 0 heterocycles. The number of hydrogen-bond donors (Lipinski definition) is 1. The average molecular weight is 261 g/mol. The number of hydrogen-bond acceptors (Lipinski definition) is 3. The molecule has 4 nitrogen and oxygen atoms in total. The van der Waals surface area contributed by atoms with Gasteiger partial charge < -0.3 is 15.5 Å². The minimum atomic E-state index is 0.226.